The number of aliphatic hydroxyl groups excluding tert-OH is 1. The average Bonchev–Trinajstić information content (AvgIpc) is 2.52. The molecule has 1 heterocycles. The third kappa shape index (κ3) is 2.29. The summed E-state index contributed by atoms with van der Waals surface area (Å²) in [6.45, 7) is 0.150. The first kappa shape index (κ1) is 9.16. The predicted octanol–water partition coefficient (Wildman–Crippen LogP) is 1.96. The number of hydrogen-bond donors (Lipinski definition) is 1. The number of rotatable bonds is 4. The van der Waals surface area contributed by atoms with Crippen LogP contribution in [0.15, 0.2) is 17.5 Å². The van der Waals surface area contributed by atoms with Crippen LogP contribution in [0, 0.1) is 0 Å². The predicted molar refractivity (Wildman–Crippen MR) is 50.4 cm³/mol. The van der Waals surface area contributed by atoms with Gasteiger partial charge < -0.3 is 5.11 Å². The summed E-state index contributed by atoms with van der Waals surface area (Å²) >= 11 is 1.43. The zero-order valence-corrected chi connectivity index (χ0v) is 7.38. The van der Waals surface area contributed by atoms with Crippen LogP contribution in [0.25, 0.3) is 6.08 Å². The quantitative estimate of drug-likeness (QED) is 0.723. The Morgan fingerprint density at radius 3 is 3.08 bits per heavy atom. The Morgan fingerprint density at radius 2 is 2.42 bits per heavy atom. The van der Waals surface area contributed by atoms with E-state index in [1.807, 2.05) is 23.6 Å². The molecule has 12 heavy (non-hydrogen) atoms. The Balaban J connectivity index is 2.67. The summed E-state index contributed by atoms with van der Waals surface area (Å²) in [7, 11) is 0. The lowest BCUT2D eigenvalue weighted by atomic mass is 10.2. The van der Waals surface area contributed by atoms with Gasteiger partial charge in [-0.05, 0) is 23.4 Å². The molecule has 2 nitrogen and oxygen atoms in total. The second-order valence-corrected chi connectivity index (χ2v) is 3.22. The summed E-state index contributed by atoms with van der Waals surface area (Å²) in [6.07, 6.45) is 5.20. The van der Waals surface area contributed by atoms with Gasteiger partial charge in [-0.3, -0.25) is 4.79 Å². The van der Waals surface area contributed by atoms with E-state index in [9.17, 15) is 4.79 Å². The third-order valence-corrected chi connectivity index (χ3v) is 2.29. The third-order valence-electron chi connectivity index (χ3n) is 1.43. The molecule has 0 bridgehead atoms. The van der Waals surface area contributed by atoms with Crippen LogP contribution in [0.1, 0.15) is 21.7 Å². The molecule has 0 radical (unpaired) electrons. The summed E-state index contributed by atoms with van der Waals surface area (Å²) in [5, 5.41) is 10.4. The lowest BCUT2D eigenvalue weighted by Crippen LogP contribution is -1.78. The highest BCUT2D eigenvalue weighted by molar-refractivity contribution is 7.11. The molecule has 0 aliphatic carbocycles. The van der Waals surface area contributed by atoms with Gasteiger partial charge >= 0.3 is 0 Å². The SMILES string of the molecule is O=Cc1sccc1C=CCCO. The van der Waals surface area contributed by atoms with E-state index in [0.29, 0.717) is 6.42 Å². The molecular formula is C9H10O2S. The van der Waals surface area contributed by atoms with E-state index in [4.69, 9.17) is 5.11 Å². The minimum atomic E-state index is 0.150. The Morgan fingerprint density at radius 1 is 1.58 bits per heavy atom. The Labute approximate surface area is 75.2 Å². The lowest BCUT2D eigenvalue weighted by Gasteiger charge is -1.87. The van der Waals surface area contributed by atoms with Crippen molar-refractivity contribution in [3.8, 4) is 0 Å². The first-order chi connectivity index (χ1) is 5.88. The zero-order valence-electron chi connectivity index (χ0n) is 6.56. The molecule has 64 valence electrons. The van der Waals surface area contributed by atoms with Crippen molar-refractivity contribution in [2.24, 2.45) is 0 Å². The molecule has 0 aliphatic rings. The number of aliphatic hydroxyl groups is 1. The molecule has 3 heteroatoms. The molecule has 0 aromatic carbocycles. The molecule has 1 aromatic rings. The highest BCUT2D eigenvalue weighted by Gasteiger charge is 1.97. The topological polar surface area (TPSA) is 37.3 Å². The van der Waals surface area contributed by atoms with E-state index >= 15 is 0 Å². The van der Waals surface area contributed by atoms with Crippen molar-refractivity contribution in [3.05, 3.63) is 28.0 Å². The summed E-state index contributed by atoms with van der Waals surface area (Å²) in [5.41, 5.74) is 0.934. The minimum absolute atomic E-state index is 0.150. The number of hydrogen-bond acceptors (Lipinski definition) is 3. The Hall–Kier alpha value is -0.930. The second-order valence-electron chi connectivity index (χ2n) is 2.27. The van der Waals surface area contributed by atoms with Gasteiger partial charge in [-0.1, -0.05) is 12.2 Å². The largest absolute Gasteiger partial charge is 0.396 e. The molecule has 0 fully saturated rings. The van der Waals surface area contributed by atoms with Crippen molar-refractivity contribution in [2.75, 3.05) is 6.61 Å². The number of thiophene rings is 1. The van der Waals surface area contributed by atoms with Crippen LogP contribution in [0.2, 0.25) is 0 Å². The maximum absolute atomic E-state index is 10.4. The van der Waals surface area contributed by atoms with Crippen LogP contribution in [0.3, 0.4) is 0 Å². The van der Waals surface area contributed by atoms with Crippen molar-refractivity contribution in [2.45, 2.75) is 6.42 Å². The number of carbonyl (C=O) groups excluding carboxylic acids is 1. The highest BCUT2D eigenvalue weighted by Crippen LogP contribution is 2.15. The van der Waals surface area contributed by atoms with Crippen LogP contribution in [0.5, 0.6) is 0 Å². The minimum Gasteiger partial charge on any atom is -0.396 e. The summed E-state index contributed by atoms with van der Waals surface area (Å²) < 4.78 is 0. The van der Waals surface area contributed by atoms with Gasteiger partial charge in [-0.2, -0.15) is 0 Å². The van der Waals surface area contributed by atoms with E-state index in [0.717, 1.165) is 16.7 Å². The van der Waals surface area contributed by atoms with Crippen LogP contribution in [-0.2, 0) is 0 Å². The number of carbonyl (C=O) groups is 1. The molecule has 1 N–H and O–H groups in total. The van der Waals surface area contributed by atoms with Gasteiger partial charge in [0.2, 0.25) is 0 Å². The highest BCUT2D eigenvalue weighted by atomic mass is 32.1. The summed E-state index contributed by atoms with van der Waals surface area (Å²) in [5.74, 6) is 0. The molecule has 0 saturated carbocycles. The molecule has 1 aromatic heterocycles. The van der Waals surface area contributed by atoms with Gasteiger partial charge in [0.15, 0.2) is 6.29 Å². The smallest absolute Gasteiger partial charge is 0.160 e. The molecule has 1 rings (SSSR count). The molecule has 0 saturated heterocycles. The molecule has 0 unspecified atom stereocenters. The Bertz CT molecular complexity index is 276. The van der Waals surface area contributed by atoms with Gasteiger partial charge in [0.1, 0.15) is 0 Å². The van der Waals surface area contributed by atoms with Crippen molar-refractivity contribution < 1.29 is 9.90 Å². The van der Waals surface area contributed by atoms with Crippen LogP contribution < -0.4 is 0 Å². The molecule has 0 aliphatic heterocycles. The maximum atomic E-state index is 10.4. The van der Waals surface area contributed by atoms with Gasteiger partial charge in [0, 0.05) is 6.61 Å². The Kier molecular flexibility index (Phi) is 3.70. The van der Waals surface area contributed by atoms with Crippen molar-refractivity contribution in [3.63, 3.8) is 0 Å². The summed E-state index contributed by atoms with van der Waals surface area (Å²) in [4.78, 5) is 11.2. The number of aldehydes is 1. The fourth-order valence-electron chi connectivity index (χ4n) is 0.849. The van der Waals surface area contributed by atoms with Gasteiger partial charge in [-0.15, -0.1) is 11.3 Å². The molecular weight excluding hydrogens is 172 g/mol. The zero-order chi connectivity index (χ0) is 8.81. The fourth-order valence-corrected chi connectivity index (χ4v) is 1.54. The van der Waals surface area contributed by atoms with E-state index in [2.05, 4.69) is 0 Å². The standard InChI is InChI=1S/C9H10O2S/c10-5-2-1-3-8-4-6-12-9(8)7-11/h1,3-4,6-7,10H,2,5H2. The van der Waals surface area contributed by atoms with E-state index in [1.165, 1.54) is 11.3 Å². The van der Waals surface area contributed by atoms with Crippen molar-refractivity contribution in [1.82, 2.24) is 0 Å². The van der Waals surface area contributed by atoms with Gasteiger partial charge in [0.05, 0.1) is 4.88 Å². The summed E-state index contributed by atoms with van der Waals surface area (Å²) in [6, 6.07) is 1.89. The van der Waals surface area contributed by atoms with Gasteiger partial charge in [0.25, 0.3) is 0 Å². The van der Waals surface area contributed by atoms with Crippen LogP contribution >= 0.6 is 11.3 Å². The van der Waals surface area contributed by atoms with Crippen molar-refractivity contribution >= 4 is 23.7 Å². The van der Waals surface area contributed by atoms with E-state index < -0.39 is 0 Å². The van der Waals surface area contributed by atoms with Crippen molar-refractivity contribution in [1.29, 1.82) is 0 Å². The molecule has 0 amide bonds. The fraction of sp³-hybridized carbons (Fsp3) is 0.222. The second kappa shape index (κ2) is 4.85. The molecule has 0 atom stereocenters. The van der Waals surface area contributed by atoms with Gasteiger partial charge in [-0.25, -0.2) is 0 Å². The normalized spacial score (nSPS) is 10.8. The lowest BCUT2D eigenvalue weighted by molar-refractivity contribution is 0.112. The van der Waals surface area contributed by atoms with Crippen LogP contribution in [-0.4, -0.2) is 18.0 Å². The van der Waals surface area contributed by atoms with Crippen LogP contribution in [0.4, 0.5) is 0 Å². The maximum Gasteiger partial charge on any atom is 0.160 e. The van der Waals surface area contributed by atoms with E-state index in [1.54, 1.807) is 0 Å². The monoisotopic (exact) mass is 182 g/mol. The molecule has 0 spiro atoms. The average molecular weight is 182 g/mol. The van der Waals surface area contributed by atoms with E-state index in [-0.39, 0.29) is 6.61 Å². The first-order valence-corrected chi connectivity index (χ1v) is 4.56. The first-order valence-electron chi connectivity index (χ1n) is 3.68.